The van der Waals surface area contributed by atoms with Gasteiger partial charge in [-0.3, -0.25) is 0 Å². The summed E-state index contributed by atoms with van der Waals surface area (Å²) < 4.78 is 13.5. The van der Waals surface area contributed by atoms with Crippen LogP contribution in [0.5, 0.6) is 0 Å². The molecule has 0 saturated heterocycles. The van der Waals surface area contributed by atoms with Crippen molar-refractivity contribution < 1.29 is 4.39 Å². The molecule has 0 bridgehead atoms. The molecule has 0 saturated carbocycles. The van der Waals surface area contributed by atoms with Crippen molar-refractivity contribution in [3.05, 3.63) is 82.7 Å². The fourth-order valence-corrected chi connectivity index (χ4v) is 4.87. The van der Waals surface area contributed by atoms with E-state index in [9.17, 15) is 4.39 Å². The van der Waals surface area contributed by atoms with E-state index < -0.39 is 0 Å². The molecule has 1 aliphatic carbocycles. The fraction of sp³-hybridized carbons (Fsp3) is 0.292. The lowest BCUT2D eigenvalue weighted by Crippen LogP contribution is -2.06. The molecule has 2 atom stereocenters. The number of aromatic nitrogens is 4. The first-order chi connectivity index (χ1) is 14.7. The molecule has 0 fully saturated rings. The van der Waals surface area contributed by atoms with E-state index in [-0.39, 0.29) is 11.7 Å². The van der Waals surface area contributed by atoms with E-state index in [1.807, 2.05) is 18.2 Å². The normalized spacial score (nSPS) is 16.6. The topological polar surface area (TPSA) is 80.5 Å². The highest BCUT2D eigenvalue weighted by molar-refractivity contribution is 5.77. The van der Waals surface area contributed by atoms with Gasteiger partial charge < -0.3 is 5.73 Å². The minimum atomic E-state index is -0.134. The standard InChI is InChI=1S/C24H24FN5/c25-18-11-12-19-16(9-10-17(19)13-18)7-4-8-20(15-5-2-1-3-6-15)21-14-22(26)27-24-23(21)28-30-29-24/h1-3,5-6,11-14,16,20H,4,7-10H2,(H3,26,27,28,29,30)/t16-,20?/m1/s1. The summed E-state index contributed by atoms with van der Waals surface area (Å²) >= 11 is 0. The van der Waals surface area contributed by atoms with Crippen LogP contribution in [0.15, 0.2) is 54.6 Å². The first kappa shape index (κ1) is 18.7. The quantitative estimate of drug-likeness (QED) is 0.471. The monoisotopic (exact) mass is 401 g/mol. The second-order valence-corrected chi connectivity index (χ2v) is 8.11. The number of benzene rings is 2. The molecular weight excluding hydrogens is 377 g/mol. The molecule has 1 unspecified atom stereocenters. The molecular formula is C24H24FN5. The molecule has 5 rings (SSSR count). The maximum Gasteiger partial charge on any atom is 0.203 e. The Bertz CT molecular complexity index is 1170. The van der Waals surface area contributed by atoms with Gasteiger partial charge in [-0.15, -0.1) is 5.10 Å². The Morgan fingerprint density at radius 1 is 1.10 bits per heavy atom. The van der Waals surface area contributed by atoms with Crippen molar-refractivity contribution in [2.75, 3.05) is 5.73 Å². The summed E-state index contributed by atoms with van der Waals surface area (Å²) in [6.45, 7) is 0. The Kier molecular flexibility index (Phi) is 4.91. The predicted octanol–water partition coefficient (Wildman–Crippen LogP) is 5.11. The molecule has 2 aromatic heterocycles. The van der Waals surface area contributed by atoms with E-state index in [1.54, 1.807) is 12.1 Å². The van der Waals surface area contributed by atoms with Gasteiger partial charge in [-0.1, -0.05) is 42.8 Å². The molecule has 6 heteroatoms. The summed E-state index contributed by atoms with van der Waals surface area (Å²) in [6, 6.07) is 17.6. The summed E-state index contributed by atoms with van der Waals surface area (Å²) in [5, 5.41) is 11.2. The molecule has 1 aliphatic rings. The third-order valence-electron chi connectivity index (χ3n) is 6.27. The van der Waals surface area contributed by atoms with Gasteiger partial charge in [0.25, 0.3) is 0 Å². The molecule has 0 radical (unpaired) electrons. The first-order valence-electron chi connectivity index (χ1n) is 10.5. The summed E-state index contributed by atoms with van der Waals surface area (Å²) in [6.07, 6.45) is 5.19. The lowest BCUT2D eigenvalue weighted by molar-refractivity contribution is 0.547. The highest BCUT2D eigenvalue weighted by atomic mass is 19.1. The Balaban J connectivity index is 1.40. The summed E-state index contributed by atoms with van der Waals surface area (Å²) in [4.78, 5) is 4.29. The van der Waals surface area contributed by atoms with Crippen LogP contribution < -0.4 is 5.73 Å². The second-order valence-electron chi connectivity index (χ2n) is 8.11. The lowest BCUT2D eigenvalue weighted by atomic mass is 9.85. The summed E-state index contributed by atoms with van der Waals surface area (Å²) in [5.41, 5.74) is 12.2. The molecule has 5 nitrogen and oxygen atoms in total. The zero-order valence-corrected chi connectivity index (χ0v) is 16.7. The Morgan fingerprint density at radius 2 is 1.97 bits per heavy atom. The number of nitrogens with two attached hydrogens (primary N) is 1. The molecule has 3 N–H and O–H groups in total. The highest BCUT2D eigenvalue weighted by Crippen LogP contribution is 2.39. The van der Waals surface area contributed by atoms with E-state index in [2.05, 4.69) is 44.7 Å². The number of anilines is 1. The third kappa shape index (κ3) is 3.54. The van der Waals surface area contributed by atoms with E-state index in [0.29, 0.717) is 17.4 Å². The van der Waals surface area contributed by atoms with Crippen LogP contribution in [0.3, 0.4) is 0 Å². The van der Waals surface area contributed by atoms with E-state index in [0.717, 1.165) is 43.2 Å². The summed E-state index contributed by atoms with van der Waals surface area (Å²) in [7, 11) is 0. The van der Waals surface area contributed by atoms with E-state index >= 15 is 0 Å². The highest BCUT2D eigenvalue weighted by Gasteiger charge is 2.24. The fourth-order valence-electron chi connectivity index (χ4n) is 4.87. The maximum absolute atomic E-state index is 13.5. The second kappa shape index (κ2) is 7.86. The van der Waals surface area contributed by atoms with Crippen LogP contribution in [-0.2, 0) is 6.42 Å². The van der Waals surface area contributed by atoms with Gasteiger partial charge in [-0.25, -0.2) is 9.37 Å². The number of H-pyrrole nitrogens is 1. The van der Waals surface area contributed by atoms with Crippen molar-refractivity contribution in [3.8, 4) is 0 Å². The summed E-state index contributed by atoms with van der Waals surface area (Å²) in [5.74, 6) is 0.995. The molecule has 30 heavy (non-hydrogen) atoms. The van der Waals surface area contributed by atoms with Crippen molar-refractivity contribution in [2.45, 2.75) is 43.9 Å². The molecule has 0 aliphatic heterocycles. The van der Waals surface area contributed by atoms with Crippen LogP contribution in [-0.4, -0.2) is 20.4 Å². The van der Waals surface area contributed by atoms with Crippen molar-refractivity contribution in [3.63, 3.8) is 0 Å². The Hall–Kier alpha value is -3.28. The van der Waals surface area contributed by atoms with Crippen molar-refractivity contribution in [1.82, 2.24) is 20.4 Å². The van der Waals surface area contributed by atoms with Crippen molar-refractivity contribution in [2.24, 2.45) is 0 Å². The van der Waals surface area contributed by atoms with Crippen LogP contribution in [0, 0.1) is 5.82 Å². The first-order valence-corrected chi connectivity index (χ1v) is 10.5. The zero-order valence-electron chi connectivity index (χ0n) is 16.7. The van der Waals surface area contributed by atoms with Crippen molar-refractivity contribution in [1.29, 1.82) is 0 Å². The van der Waals surface area contributed by atoms with E-state index in [4.69, 9.17) is 5.73 Å². The van der Waals surface area contributed by atoms with Crippen LogP contribution >= 0.6 is 0 Å². The number of nitrogens with zero attached hydrogens (tertiary/aromatic N) is 3. The minimum Gasteiger partial charge on any atom is -0.384 e. The number of nitrogens with one attached hydrogen (secondary N) is 1. The van der Waals surface area contributed by atoms with Gasteiger partial charge in [0.2, 0.25) is 5.65 Å². The Labute approximate surface area is 174 Å². The van der Waals surface area contributed by atoms with E-state index in [1.165, 1.54) is 16.7 Å². The third-order valence-corrected chi connectivity index (χ3v) is 6.27. The molecule has 4 aromatic rings. The number of aryl methyl sites for hydroxylation is 1. The molecule has 0 amide bonds. The van der Waals surface area contributed by atoms with Gasteiger partial charge in [0.15, 0.2) is 0 Å². The van der Waals surface area contributed by atoms with Crippen LogP contribution in [0.25, 0.3) is 11.2 Å². The van der Waals surface area contributed by atoms with Gasteiger partial charge in [0.1, 0.15) is 17.2 Å². The predicted molar refractivity (Wildman–Crippen MR) is 116 cm³/mol. The van der Waals surface area contributed by atoms with Gasteiger partial charge in [0.05, 0.1) is 0 Å². The molecule has 2 aromatic carbocycles. The Morgan fingerprint density at radius 3 is 2.83 bits per heavy atom. The number of rotatable bonds is 6. The molecule has 2 heterocycles. The van der Waals surface area contributed by atoms with Crippen LogP contribution in [0.1, 0.15) is 59.8 Å². The van der Waals surface area contributed by atoms with Gasteiger partial charge in [-0.2, -0.15) is 10.3 Å². The number of aromatic amines is 1. The van der Waals surface area contributed by atoms with Gasteiger partial charge in [0, 0.05) is 5.92 Å². The van der Waals surface area contributed by atoms with Crippen LogP contribution in [0.2, 0.25) is 0 Å². The van der Waals surface area contributed by atoms with Crippen LogP contribution in [0.4, 0.5) is 10.2 Å². The number of fused-ring (bicyclic) bond motifs is 2. The minimum absolute atomic E-state index is 0.134. The number of hydrogen-bond acceptors (Lipinski definition) is 4. The van der Waals surface area contributed by atoms with Gasteiger partial charge >= 0.3 is 0 Å². The molecule has 0 spiro atoms. The lowest BCUT2D eigenvalue weighted by Gasteiger charge is -2.20. The average molecular weight is 401 g/mol. The maximum atomic E-state index is 13.5. The zero-order chi connectivity index (χ0) is 20.5. The SMILES string of the molecule is Nc1cc(C(CCC[C@@H]2CCc3cc(F)ccc32)c2ccccc2)c2n[nH]nc2n1. The number of hydrogen-bond donors (Lipinski definition) is 2. The van der Waals surface area contributed by atoms with Crippen molar-refractivity contribution >= 4 is 17.0 Å². The average Bonchev–Trinajstić information content (AvgIpc) is 3.38. The molecule has 152 valence electrons. The number of nitrogen functional groups attached to an aromatic ring is 1. The van der Waals surface area contributed by atoms with Gasteiger partial charge in [-0.05, 0) is 72.1 Å². The number of pyridine rings is 1. The largest absolute Gasteiger partial charge is 0.384 e. The number of halogens is 1. The smallest absolute Gasteiger partial charge is 0.203 e.